The zero-order valence-electron chi connectivity index (χ0n) is 13.2. The van der Waals surface area contributed by atoms with E-state index < -0.39 is 10.0 Å². The van der Waals surface area contributed by atoms with Gasteiger partial charge in [0.05, 0.1) is 0 Å². The average Bonchev–Trinajstić information content (AvgIpc) is 3.07. The van der Waals surface area contributed by atoms with Crippen molar-refractivity contribution in [1.29, 1.82) is 0 Å². The van der Waals surface area contributed by atoms with E-state index >= 15 is 0 Å². The summed E-state index contributed by atoms with van der Waals surface area (Å²) in [6.07, 6.45) is 3.77. The first-order chi connectivity index (χ1) is 10.8. The molecule has 2 unspecified atom stereocenters. The normalized spacial score (nSPS) is 21.7. The van der Waals surface area contributed by atoms with Crippen LogP contribution in [0.2, 0.25) is 0 Å². The van der Waals surface area contributed by atoms with Crippen molar-refractivity contribution in [2.75, 3.05) is 0 Å². The minimum atomic E-state index is -3.62. The molecule has 1 heterocycles. The highest BCUT2D eigenvalue weighted by Crippen LogP contribution is 2.35. The van der Waals surface area contributed by atoms with Crippen molar-refractivity contribution in [2.45, 2.75) is 43.2 Å². The van der Waals surface area contributed by atoms with Crippen LogP contribution in [0.4, 0.5) is 4.39 Å². The number of benzene rings is 1. The SMILES string of the molecule is Cc1nc(S(=O)(=O)NC2CCC(c3cccc(F)c3)C2)cn1C. The van der Waals surface area contributed by atoms with E-state index in [1.54, 1.807) is 24.6 Å². The molecule has 1 saturated carbocycles. The molecule has 0 radical (unpaired) electrons. The summed E-state index contributed by atoms with van der Waals surface area (Å²) in [6.45, 7) is 1.76. The molecule has 2 atom stereocenters. The first-order valence-electron chi connectivity index (χ1n) is 7.63. The number of imidazole rings is 1. The predicted octanol–water partition coefficient (Wildman–Crippen LogP) is 2.48. The summed E-state index contributed by atoms with van der Waals surface area (Å²) in [5.74, 6) is 0.578. The van der Waals surface area contributed by atoms with E-state index in [4.69, 9.17) is 0 Å². The minimum Gasteiger partial charge on any atom is -0.337 e. The van der Waals surface area contributed by atoms with E-state index in [0.29, 0.717) is 12.2 Å². The molecular formula is C16H20FN3O2S. The van der Waals surface area contributed by atoms with Crippen LogP contribution in [0.15, 0.2) is 35.5 Å². The molecule has 0 aliphatic heterocycles. The number of rotatable bonds is 4. The van der Waals surface area contributed by atoms with Crippen LogP contribution in [0.1, 0.15) is 36.6 Å². The summed E-state index contributed by atoms with van der Waals surface area (Å²) in [6, 6.07) is 6.40. The van der Waals surface area contributed by atoms with Gasteiger partial charge in [-0.3, -0.25) is 0 Å². The highest BCUT2D eigenvalue weighted by atomic mass is 32.2. The maximum atomic E-state index is 13.3. The molecular weight excluding hydrogens is 317 g/mol. The Hall–Kier alpha value is -1.73. The molecule has 23 heavy (non-hydrogen) atoms. The predicted molar refractivity (Wildman–Crippen MR) is 85.0 cm³/mol. The van der Waals surface area contributed by atoms with E-state index in [2.05, 4.69) is 9.71 Å². The van der Waals surface area contributed by atoms with Crippen LogP contribution in [0, 0.1) is 12.7 Å². The molecule has 5 nitrogen and oxygen atoms in total. The van der Waals surface area contributed by atoms with Crippen molar-refractivity contribution in [3.05, 3.63) is 47.7 Å². The van der Waals surface area contributed by atoms with Gasteiger partial charge in [-0.1, -0.05) is 12.1 Å². The fourth-order valence-electron chi connectivity index (χ4n) is 3.09. The summed E-state index contributed by atoms with van der Waals surface area (Å²) in [5, 5.41) is 0.0479. The molecule has 2 aromatic rings. The highest BCUT2D eigenvalue weighted by molar-refractivity contribution is 7.89. The first kappa shape index (κ1) is 16.1. The van der Waals surface area contributed by atoms with E-state index in [-0.39, 0.29) is 22.8 Å². The topological polar surface area (TPSA) is 64.0 Å². The maximum absolute atomic E-state index is 13.3. The Morgan fingerprint density at radius 2 is 2.13 bits per heavy atom. The Balaban J connectivity index is 1.70. The van der Waals surface area contributed by atoms with Crippen LogP contribution in [-0.4, -0.2) is 24.0 Å². The zero-order valence-corrected chi connectivity index (χ0v) is 14.0. The van der Waals surface area contributed by atoms with E-state index in [0.717, 1.165) is 18.4 Å². The van der Waals surface area contributed by atoms with Gasteiger partial charge in [-0.25, -0.2) is 22.5 Å². The number of aryl methyl sites for hydroxylation is 2. The van der Waals surface area contributed by atoms with E-state index in [1.165, 1.54) is 18.3 Å². The van der Waals surface area contributed by atoms with Gasteiger partial charge >= 0.3 is 0 Å². The summed E-state index contributed by atoms with van der Waals surface area (Å²) in [7, 11) is -1.85. The number of halogens is 1. The van der Waals surface area contributed by atoms with Crippen molar-refractivity contribution >= 4 is 10.0 Å². The lowest BCUT2D eigenvalue weighted by molar-refractivity contribution is 0.545. The zero-order chi connectivity index (χ0) is 16.6. The van der Waals surface area contributed by atoms with Crippen molar-refractivity contribution in [1.82, 2.24) is 14.3 Å². The average molecular weight is 337 g/mol. The Labute approximate surface area is 135 Å². The third-order valence-electron chi connectivity index (χ3n) is 4.44. The van der Waals surface area contributed by atoms with Gasteiger partial charge in [0, 0.05) is 19.3 Å². The van der Waals surface area contributed by atoms with Gasteiger partial charge in [0.25, 0.3) is 10.0 Å². The molecule has 7 heteroatoms. The van der Waals surface area contributed by atoms with Gasteiger partial charge in [0.15, 0.2) is 5.03 Å². The van der Waals surface area contributed by atoms with E-state index in [9.17, 15) is 12.8 Å². The van der Waals surface area contributed by atoms with Crippen LogP contribution in [0.3, 0.4) is 0 Å². The number of hydrogen-bond donors (Lipinski definition) is 1. The van der Waals surface area contributed by atoms with Crippen LogP contribution in [0.5, 0.6) is 0 Å². The second kappa shape index (κ2) is 6.05. The van der Waals surface area contributed by atoms with Crippen molar-refractivity contribution in [3.63, 3.8) is 0 Å². The number of nitrogens with one attached hydrogen (secondary N) is 1. The molecule has 1 aliphatic rings. The second-order valence-electron chi connectivity index (χ2n) is 6.12. The lowest BCUT2D eigenvalue weighted by atomic mass is 9.97. The number of aromatic nitrogens is 2. The molecule has 1 N–H and O–H groups in total. The molecule has 0 saturated heterocycles. The fourth-order valence-corrected chi connectivity index (χ4v) is 4.41. The Bertz CT molecular complexity index is 797. The van der Waals surface area contributed by atoms with Gasteiger partial charge in [0.2, 0.25) is 0 Å². The van der Waals surface area contributed by atoms with Crippen molar-refractivity contribution < 1.29 is 12.8 Å². The second-order valence-corrected chi connectivity index (χ2v) is 7.78. The Morgan fingerprint density at radius 3 is 2.78 bits per heavy atom. The van der Waals surface area contributed by atoms with E-state index in [1.807, 2.05) is 6.07 Å². The van der Waals surface area contributed by atoms with Gasteiger partial charge < -0.3 is 4.57 Å². The molecule has 0 spiro atoms. The largest absolute Gasteiger partial charge is 0.337 e. The van der Waals surface area contributed by atoms with Gasteiger partial charge in [-0.15, -0.1) is 0 Å². The molecule has 3 rings (SSSR count). The molecule has 0 amide bonds. The molecule has 1 aromatic carbocycles. The summed E-state index contributed by atoms with van der Waals surface area (Å²) in [5.41, 5.74) is 0.931. The third-order valence-corrected chi connectivity index (χ3v) is 5.83. The number of nitrogens with zero attached hydrogens (tertiary/aromatic N) is 2. The van der Waals surface area contributed by atoms with Gasteiger partial charge in [0.1, 0.15) is 11.6 Å². The Kier molecular flexibility index (Phi) is 4.25. The number of sulfonamides is 1. The summed E-state index contributed by atoms with van der Waals surface area (Å²) >= 11 is 0. The van der Waals surface area contributed by atoms with Crippen molar-refractivity contribution in [2.24, 2.45) is 7.05 Å². The van der Waals surface area contributed by atoms with Crippen LogP contribution >= 0.6 is 0 Å². The molecule has 1 aromatic heterocycles. The standard InChI is InChI=1S/C16H20FN3O2S/c1-11-18-16(10-20(11)2)23(21,22)19-15-7-6-13(9-15)12-4-3-5-14(17)8-12/h3-5,8,10,13,15,19H,6-7,9H2,1-2H3. The summed E-state index contributed by atoms with van der Waals surface area (Å²) < 4.78 is 42.5. The van der Waals surface area contributed by atoms with Crippen LogP contribution in [0.25, 0.3) is 0 Å². The third kappa shape index (κ3) is 3.45. The maximum Gasteiger partial charge on any atom is 0.259 e. The molecule has 1 fully saturated rings. The van der Waals surface area contributed by atoms with Gasteiger partial charge in [-0.05, 0) is 49.8 Å². The quantitative estimate of drug-likeness (QED) is 0.932. The van der Waals surface area contributed by atoms with Gasteiger partial charge in [-0.2, -0.15) is 0 Å². The smallest absolute Gasteiger partial charge is 0.259 e. The van der Waals surface area contributed by atoms with Crippen molar-refractivity contribution in [3.8, 4) is 0 Å². The summed E-state index contributed by atoms with van der Waals surface area (Å²) in [4.78, 5) is 4.08. The monoisotopic (exact) mass is 337 g/mol. The minimum absolute atomic E-state index is 0.0479. The Morgan fingerprint density at radius 1 is 1.35 bits per heavy atom. The van der Waals surface area contributed by atoms with Crippen LogP contribution < -0.4 is 4.72 Å². The molecule has 1 aliphatic carbocycles. The fraction of sp³-hybridized carbons (Fsp3) is 0.438. The lowest BCUT2D eigenvalue weighted by Gasteiger charge is -2.13. The lowest BCUT2D eigenvalue weighted by Crippen LogP contribution is -2.33. The first-order valence-corrected chi connectivity index (χ1v) is 9.11. The molecule has 124 valence electrons. The van der Waals surface area contributed by atoms with Crippen LogP contribution in [-0.2, 0) is 17.1 Å². The highest BCUT2D eigenvalue weighted by Gasteiger charge is 2.30. The number of hydrogen-bond acceptors (Lipinski definition) is 3. The molecule has 0 bridgehead atoms.